The number of rotatable bonds is 7. The van der Waals surface area contributed by atoms with Crippen LogP contribution in [0.25, 0.3) is 0 Å². The molecule has 0 atom stereocenters. The van der Waals surface area contributed by atoms with Gasteiger partial charge in [-0.15, -0.1) is 23.1 Å². The third-order valence-corrected chi connectivity index (χ3v) is 6.21. The summed E-state index contributed by atoms with van der Waals surface area (Å²) >= 11 is 8.48. The van der Waals surface area contributed by atoms with Crippen molar-refractivity contribution in [3.8, 4) is 0 Å². The highest BCUT2D eigenvalue weighted by atomic mass is 35.5. The van der Waals surface area contributed by atoms with E-state index in [4.69, 9.17) is 20.9 Å². The van der Waals surface area contributed by atoms with Gasteiger partial charge in [-0.3, -0.25) is 4.79 Å². The van der Waals surface area contributed by atoms with E-state index >= 15 is 0 Å². The monoisotopic (exact) mass is 421 g/mol. The maximum atomic E-state index is 12.5. The molecule has 3 aromatic rings. The minimum absolute atomic E-state index is 0.277. The van der Waals surface area contributed by atoms with Gasteiger partial charge in [-0.2, -0.15) is 0 Å². The first kappa shape index (κ1) is 19.7. The smallest absolute Gasteiger partial charge is 0.339 e. The fraction of sp³-hybridized carbons (Fsp3) is 0.211. The van der Waals surface area contributed by atoms with Crippen LogP contribution < -0.4 is 0 Å². The molecule has 1 aromatic carbocycles. The van der Waals surface area contributed by atoms with Crippen LogP contribution in [-0.2, 0) is 10.5 Å². The van der Waals surface area contributed by atoms with E-state index in [0.29, 0.717) is 20.5 Å². The van der Waals surface area contributed by atoms with Gasteiger partial charge in [0.15, 0.2) is 6.61 Å². The summed E-state index contributed by atoms with van der Waals surface area (Å²) in [4.78, 5) is 25.8. The molecule has 0 saturated carbocycles. The zero-order chi connectivity index (χ0) is 19.4. The van der Waals surface area contributed by atoms with E-state index in [9.17, 15) is 9.59 Å². The fourth-order valence-electron chi connectivity index (χ4n) is 2.36. The number of hydrogen-bond acceptors (Lipinski definition) is 7. The van der Waals surface area contributed by atoms with Gasteiger partial charge in [-0.1, -0.05) is 28.9 Å². The molecule has 0 unspecified atom stereocenters. The molecule has 0 N–H and O–H groups in total. The summed E-state index contributed by atoms with van der Waals surface area (Å²) in [6, 6.07) is 10.4. The van der Waals surface area contributed by atoms with Crippen LogP contribution in [0.4, 0.5) is 0 Å². The first-order valence-electron chi connectivity index (χ1n) is 8.05. The van der Waals surface area contributed by atoms with Crippen LogP contribution in [0.2, 0.25) is 4.34 Å². The number of ketones is 1. The summed E-state index contributed by atoms with van der Waals surface area (Å²) in [6.07, 6.45) is 0. The fourth-order valence-corrected chi connectivity index (χ4v) is 4.52. The van der Waals surface area contributed by atoms with Crippen molar-refractivity contribution in [3.63, 3.8) is 0 Å². The summed E-state index contributed by atoms with van der Waals surface area (Å²) in [5.41, 5.74) is 2.26. The van der Waals surface area contributed by atoms with E-state index in [2.05, 4.69) is 5.16 Å². The van der Waals surface area contributed by atoms with Crippen molar-refractivity contribution in [1.29, 1.82) is 0 Å². The van der Waals surface area contributed by atoms with Crippen molar-refractivity contribution in [3.05, 3.63) is 68.2 Å². The van der Waals surface area contributed by atoms with Crippen molar-refractivity contribution in [2.24, 2.45) is 0 Å². The maximum Gasteiger partial charge on any atom is 0.339 e. The Hall–Kier alpha value is -2.09. The van der Waals surface area contributed by atoms with Gasteiger partial charge in [-0.05, 0) is 38.1 Å². The van der Waals surface area contributed by atoms with E-state index in [0.717, 1.165) is 33.2 Å². The van der Waals surface area contributed by atoms with Crippen LogP contribution in [0.3, 0.4) is 0 Å². The molecule has 0 fully saturated rings. The number of carbonyl (C=O) groups excluding carboxylic acids is 2. The molecule has 2 heterocycles. The molecular weight excluding hydrogens is 406 g/mol. The number of aromatic nitrogens is 1. The summed E-state index contributed by atoms with van der Waals surface area (Å²) in [5.74, 6) is 0.576. The number of nitrogens with zero attached hydrogens (tertiary/aromatic N) is 1. The number of aryl methyl sites for hydroxylation is 2. The minimum atomic E-state index is -0.534. The second-order valence-corrected chi connectivity index (χ2v) is 8.42. The number of esters is 1. The summed E-state index contributed by atoms with van der Waals surface area (Å²) in [6.45, 7) is 3.42. The number of benzene rings is 1. The Balaban J connectivity index is 1.65. The Morgan fingerprint density at radius 3 is 2.67 bits per heavy atom. The van der Waals surface area contributed by atoms with Gasteiger partial charge in [0, 0.05) is 16.2 Å². The van der Waals surface area contributed by atoms with Crippen molar-refractivity contribution in [2.75, 3.05) is 6.61 Å². The number of thiophene rings is 1. The standard InChI is InChI=1S/C19H16ClNO4S2/c1-11-14(12(2)25-21-11)10-26-16-6-4-3-5-13(16)19(23)24-9-15(22)17-7-8-18(20)27-17/h3-8H,9-10H2,1-2H3. The molecule has 0 aliphatic heterocycles. The van der Waals surface area contributed by atoms with Crippen molar-refractivity contribution in [1.82, 2.24) is 5.16 Å². The zero-order valence-electron chi connectivity index (χ0n) is 14.7. The number of ether oxygens (including phenoxy) is 1. The van der Waals surface area contributed by atoms with Crippen molar-refractivity contribution < 1.29 is 18.8 Å². The minimum Gasteiger partial charge on any atom is -0.454 e. The van der Waals surface area contributed by atoms with Gasteiger partial charge in [0.25, 0.3) is 0 Å². The molecule has 0 saturated heterocycles. The van der Waals surface area contributed by atoms with E-state index in [1.165, 1.54) is 11.8 Å². The van der Waals surface area contributed by atoms with Gasteiger partial charge in [-0.25, -0.2) is 4.79 Å². The van der Waals surface area contributed by atoms with E-state index in [1.807, 2.05) is 26.0 Å². The number of Topliss-reactive ketones (excluding diaryl/α,β-unsaturated/α-hetero) is 1. The average molecular weight is 422 g/mol. The SMILES string of the molecule is Cc1noc(C)c1CSc1ccccc1C(=O)OCC(=O)c1ccc(Cl)s1. The Morgan fingerprint density at radius 2 is 2.00 bits per heavy atom. The Morgan fingerprint density at radius 1 is 1.22 bits per heavy atom. The topological polar surface area (TPSA) is 69.4 Å². The Kier molecular flexibility index (Phi) is 6.36. The molecule has 0 amide bonds. The molecule has 8 heteroatoms. The lowest BCUT2D eigenvalue weighted by molar-refractivity contribution is 0.0472. The van der Waals surface area contributed by atoms with E-state index < -0.39 is 5.97 Å². The lowest BCUT2D eigenvalue weighted by atomic mass is 10.2. The largest absolute Gasteiger partial charge is 0.454 e. The lowest BCUT2D eigenvalue weighted by Crippen LogP contribution is -2.14. The molecule has 140 valence electrons. The number of halogens is 1. The summed E-state index contributed by atoms with van der Waals surface area (Å²) < 4.78 is 10.9. The summed E-state index contributed by atoms with van der Waals surface area (Å²) in [7, 11) is 0. The highest BCUT2D eigenvalue weighted by Gasteiger charge is 2.17. The third-order valence-electron chi connectivity index (χ3n) is 3.84. The lowest BCUT2D eigenvalue weighted by Gasteiger charge is -2.09. The second kappa shape index (κ2) is 8.73. The first-order valence-corrected chi connectivity index (χ1v) is 10.2. The third kappa shape index (κ3) is 4.80. The van der Waals surface area contributed by atoms with E-state index in [1.54, 1.807) is 24.3 Å². The normalized spacial score (nSPS) is 10.8. The highest BCUT2D eigenvalue weighted by molar-refractivity contribution is 7.98. The predicted octanol–water partition coefficient (Wildman–Crippen LogP) is 5.34. The van der Waals surface area contributed by atoms with Crippen molar-refractivity contribution >= 4 is 46.5 Å². The van der Waals surface area contributed by atoms with Crippen LogP contribution in [0, 0.1) is 13.8 Å². The Bertz CT molecular complexity index is 960. The van der Waals surface area contributed by atoms with Crippen LogP contribution in [0.5, 0.6) is 0 Å². The molecule has 3 rings (SSSR count). The number of thioether (sulfide) groups is 1. The first-order chi connectivity index (χ1) is 13.0. The number of hydrogen-bond donors (Lipinski definition) is 0. The molecule has 0 aliphatic carbocycles. The van der Waals surface area contributed by atoms with Gasteiger partial charge in [0.1, 0.15) is 5.76 Å². The van der Waals surface area contributed by atoms with Crippen LogP contribution in [0.15, 0.2) is 45.8 Å². The zero-order valence-corrected chi connectivity index (χ0v) is 17.0. The molecule has 27 heavy (non-hydrogen) atoms. The molecular formula is C19H16ClNO4S2. The quantitative estimate of drug-likeness (QED) is 0.291. The van der Waals surface area contributed by atoms with Crippen molar-refractivity contribution in [2.45, 2.75) is 24.5 Å². The maximum absolute atomic E-state index is 12.5. The van der Waals surface area contributed by atoms with E-state index in [-0.39, 0.29) is 12.4 Å². The van der Waals surface area contributed by atoms with Gasteiger partial charge < -0.3 is 9.26 Å². The van der Waals surface area contributed by atoms with Gasteiger partial charge in [0.05, 0.1) is 20.5 Å². The van der Waals surface area contributed by atoms with Gasteiger partial charge >= 0.3 is 5.97 Å². The second-order valence-electron chi connectivity index (χ2n) is 5.69. The molecule has 0 bridgehead atoms. The predicted molar refractivity (Wildman–Crippen MR) is 106 cm³/mol. The summed E-state index contributed by atoms with van der Waals surface area (Å²) in [5, 5.41) is 3.94. The molecule has 2 aromatic heterocycles. The number of carbonyl (C=O) groups is 2. The molecule has 5 nitrogen and oxygen atoms in total. The molecule has 0 radical (unpaired) electrons. The van der Waals surface area contributed by atoms with Crippen LogP contribution in [-0.4, -0.2) is 23.5 Å². The average Bonchev–Trinajstić information content (AvgIpc) is 3.24. The van der Waals surface area contributed by atoms with Gasteiger partial charge in [0.2, 0.25) is 5.78 Å². The highest BCUT2D eigenvalue weighted by Crippen LogP contribution is 2.29. The van der Waals surface area contributed by atoms with Crippen LogP contribution >= 0.6 is 34.7 Å². The Labute approximate surface area is 169 Å². The van der Waals surface area contributed by atoms with Crippen LogP contribution in [0.1, 0.15) is 37.0 Å². The molecule has 0 aliphatic rings. The molecule has 0 spiro atoms.